The maximum atomic E-state index is 12.4. The molecule has 0 radical (unpaired) electrons. The molecule has 0 spiro atoms. The molecule has 23 heavy (non-hydrogen) atoms. The molecule has 1 N–H and O–H groups in total. The van der Waals surface area contributed by atoms with E-state index in [1.54, 1.807) is 0 Å². The highest BCUT2D eigenvalue weighted by atomic mass is 79.9. The van der Waals surface area contributed by atoms with E-state index in [2.05, 4.69) is 26.2 Å². The van der Waals surface area contributed by atoms with Crippen molar-refractivity contribution in [1.82, 2.24) is 0 Å². The van der Waals surface area contributed by atoms with Crippen molar-refractivity contribution in [2.45, 2.75) is 26.2 Å². The number of benzodiazepines with no additional fused rings is 1. The van der Waals surface area contributed by atoms with Crippen LogP contribution in [-0.2, 0) is 9.53 Å². The minimum atomic E-state index is -0.864. The molecule has 1 heterocycles. The Balaban J connectivity index is 2.16. The Labute approximate surface area is 143 Å². The Morgan fingerprint density at radius 2 is 1.91 bits per heavy atom. The number of nitrogens with zero attached hydrogens (tertiary/aromatic N) is 1. The third-order valence-corrected chi connectivity index (χ3v) is 3.91. The van der Waals surface area contributed by atoms with Gasteiger partial charge >= 0.3 is 0 Å². The van der Waals surface area contributed by atoms with Gasteiger partial charge in [-0.1, -0.05) is 46.3 Å². The van der Waals surface area contributed by atoms with Crippen LogP contribution in [0, 0.1) is 0 Å². The standard InChI is InChI=1S/C18H17BrN2O2/c1-11(2)23-18-17(22)20-15-9-8-13(19)10-14(15)16(21-18)12-6-4-3-5-7-12/h3-11,18H,1-2H3,(H,20,22). The number of benzene rings is 2. The highest BCUT2D eigenvalue weighted by Crippen LogP contribution is 2.27. The third-order valence-electron chi connectivity index (χ3n) is 3.41. The van der Waals surface area contributed by atoms with Gasteiger partial charge in [0.25, 0.3) is 5.91 Å². The van der Waals surface area contributed by atoms with E-state index in [1.165, 1.54) is 0 Å². The summed E-state index contributed by atoms with van der Waals surface area (Å²) in [5.41, 5.74) is 3.29. The molecule has 0 bridgehead atoms. The second kappa shape index (κ2) is 6.64. The first-order valence-corrected chi connectivity index (χ1v) is 8.23. The fraction of sp³-hybridized carbons (Fsp3) is 0.222. The smallest absolute Gasteiger partial charge is 0.276 e. The molecule has 5 heteroatoms. The maximum absolute atomic E-state index is 12.4. The van der Waals surface area contributed by atoms with Crippen LogP contribution in [0.3, 0.4) is 0 Å². The van der Waals surface area contributed by atoms with Gasteiger partial charge in [-0.05, 0) is 32.0 Å². The maximum Gasteiger partial charge on any atom is 0.276 e. The second-order valence-corrected chi connectivity index (χ2v) is 6.48. The summed E-state index contributed by atoms with van der Waals surface area (Å²) in [5, 5.41) is 2.91. The Hall–Kier alpha value is -1.98. The predicted octanol–water partition coefficient (Wildman–Crippen LogP) is 3.99. The molecular weight excluding hydrogens is 356 g/mol. The summed E-state index contributed by atoms with van der Waals surface area (Å²) in [4.78, 5) is 17.0. The summed E-state index contributed by atoms with van der Waals surface area (Å²) < 4.78 is 6.61. The number of hydrogen-bond donors (Lipinski definition) is 1. The summed E-state index contributed by atoms with van der Waals surface area (Å²) in [6.07, 6.45) is -0.962. The molecule has 1 aliphatic heterocycles. The zero-order chi connectivity index (χ0) is 16.4. The monoisotopic (exact) mass is 372 g/mol. The summed E-state index contributed by atoms with van der Waals surface area (Å²) in [7, 11) is 0. The van der Waals surface area contributed by atoms with E-state index in [1.807, 2.05) is 62.4 Å². The molecule has 0 aliphatic carbocycles. The molecule has 4 nitrogen and oxygen atoms in total. The normalized spacial score (nSPS) is 17.3. The lowest BCUT2D eigenvalue weighted by Gasteiger charge is -2.14. The number of carbonyl (C=O) groups excluding carboxylic acids is 1. The van der Waals surface area contributed by atoms with Crippen LogP contribution in [0.1, 0.15) is 25.0 Å². The number of nitrogens with one attached hydrogen (secondary N) is 1. The Bertz CT molecular complexity index is 757. The van der Waals surface area contributed by atoms with Gasteiger partial charge in [-0.15, -0.1) is 0 Å². The van der Waals surface area contributed by atoms with Crippen LogP contribution in [0.2, 0.25) is 0 Å². The van der Waals surface area contributed by atoms with Gasteiger partial charge in [0.15, 0.2) is 0 Å². The lowest BCUT2D eigenvalue weighted by Crippen LogP contribution is -2.30. The van der Waals surface area contributed by atoms with Crippen LogP contribution in [-0.4, -0.2) is 24.0 Å². The molecule has 2 aromatic carbocycles. The molecule has 1 unspecified atom stereocenters. The highest BCUT2D eigenvalue weighted by molar-refractivity contribution is 9.10. The van der Waals surface area contributed by atoms with Gasteiger partial charge in [0.05, 0.1) is 17.5 Å². The molecule has 0 saturated carbocycles. The fourth-order valence-electron chi connectivity index (χ4n) is 2.44. The number of ether oxygens (including phenoxy) is 1. The zero-order valence-corrected chi connectivity index (χ0v) is 14.5. The number of carbonyl (C=O) groups is 1. The number of rotatable bonds is 3. The molecule has 118 valence electrons. The van der Waals surface area contributed by atoms with Crippen LogP contribution < -0.4 is 5.32 Å². The number of amides is 1. The van der Waals surface area contributed by atoms with Crippen molar-refractivity contribution < 1.29 is 9.53 Å². The molecule has 0 saturated heterocycles. The topological polar surface area (TPSA) is 50.7 Å². The van der Waals surface area contributed by atoms with Crippen LogP contribution in [0.4, 0.5) is 5.69 Å². The Kier molecular flexibility index (Phi) is 4.59. The first-order valence-electron chi connectivity index (χ1n) is 7.44. The lowest BCUT2D eigenvalue weighted by atomic mass is 10.0. The summed E-state index contributed by atoms with van der Waals surface area (Å²) in [5.74, 6) is -0.256. The van der Waals surface area contributed by atoms with Crippen molar-refractivity contribution in [3.63, 3.8) is 0 Å². The fourth-order valence-corrected chi connectivity index (χ4v) is 2.80. The number of aliphatic imine (C=N–C) groups is 1. The molecule has 3 rings (SSSR count). The molecule has 1 amide bonds. The number of hydrogen-bond acceptors (Lipinski definition) is 3. The second-order valence-electron chi connectivity index (χ2n) is 5.56. The zero-order valence-electron chi connectivity index (χ0n) is 12.9. The number of fused-ring (bicyclic) bond motifs is 1. The van der Waals surface area contributed by atoms with E-state index in [4.69, 9.17) is 4.74 Å². The van der Waals surface area contributed by atoms with Crippen molar-refractivity contribution in [2.24, 2.45) is 4.99 Å². The average molecular weight is 373 g/mol. The van der Waals surface area contributed by atoms with Gasteiger partial charge in [-0.25, -0.2) is 4.99 Å². The van der Waals surface area contributed by atoms with Crippen LogP contribution in [0.5, 0.6) is 0 Å². The average Bonchev–Trinajstić information content (AvgIpc) is 2.65. The van der Waals surface area contributed by atoms with Gasteiger partial charge in [0.1, 0.15) is 0 Å². The van der Waals surface area contributed by atoms with Crippen molar-refractivity contribution >= 4 is 33.2 Å². The van der Waals surface area contributed by atoms with E-state index >= 15 is 0 Å². The van der Waals surface area contributed by atoms with Gasteiger partial charge in [-0.2, -0.15) is 0 Å². The van der Waals surface area contributed by atoms with E-state index in [9.17, 15) is 4.79 Å². The first kappa shape index (κ1) is 15.9. The first-order chi connectivity index (χ1) is 11.0. The molecule has 2 aromatic rings. The third kappa shape index (κ3) is 3.51. The van der Waals surface area contributed by atoms with Crippen molar-refractivity contribution in [1.29, 1.82) is 0 Å². The van der Waals surface area contributed by atoms with Crippen LogP contribution >= 0.6 is 15.9 Å². The molecular formula is C18H17BrN2O2. The van der Waals surface area contributed by atoms with Crippen molar-refractivity contribution in [3.05, 3.63) is 64.1 Å². The largest absolute Gasteiger partial charge is 0.345 e. The molecule has 1 atom stereocenters. The molecule has 1 aliphatic rings. The lowest BCUT2D eigenvalue weighted by molar-refractivity contribution is -0.129. The predicted molar refractivity (Wildman–Crippen MR) is 94.9 cm³/mol. The quantitative estimate of drug-likeness (QED) is 0.885. The van der Waals surface area contributed by atoms with E-state index < -0.39 is 6.23 Å². The van der Waals surface area contributed by atoms with Gasteiger partial charge in [0.2, 0.25) is 6.23 Å². The highest BCUT2D eigenvalue weighted by Gasteiger charge is 2.27. The summed E-state index contributed by atoms with van der Waals surface area (Å²) >= 11 is 3.49. The van der Waals surface area contributed by atoms with Gasteiger partial charge in [0, 0.05) is 15.6 Å². The number of anilines is 1. The Morgan fingerprint density at radius 3 is 2.61 bits per heavy atom. The van der Waals surface area contributed by atoms with Gasteiger partial charge in [-0.3, -0.25) is 4.79 Å². The SMILES string of the molecule is CC(C)OC1N=C(c2ccccc2)c2cc(Br)ccc2NC1=O. The van der Waals surface area contributed by atoms with Gasteiger partial charge < -0.3 is 10.1 Å². The van der Waals surface area contributed by atoms with E-state index in [0.717, 1.165) is 27.0 Å². The summed E-state index contributed by atoms with van der Waals surface area (Å²) in [6.45, 7) is 3.78. The van der Waals surface area contributed by atoms with E-state index in [-0.39, 0.29) is 12.0 Å². The van der Waals surface area contributed by atoms with E-state index in [0.29, 0.717) is 0 Å². The molecule has 0 aromatic heterocycles. The Morgan fingerprint density at radius 1 is 1.17 bits per heavy atom. The van der Waals surface area contributed by atoms with Crippen molar-refractivity contribution in [2.75, 3.05) is 5.32 Å². The minimum Gasteiger partial charge on any atom is -0.345 e. The van der Waals surface area contributed by atoms with Crippen LogP contribution in [0.25, 0.3) is 0 Å². The number of halogens is 1. The minimum absolute atomic E-state index is 0.0977. The van der Waals surface area contributed by atoms with Crippen LogP contribution in [0.15, 0.2) is 58.0 Å². The summed E-state index contributed by atoms with van der Waals surface area (Å²) in [6, 6.07) is 15.5. The molecule has 0 fully saturated rings. The van der Waals surface area contributed by atoms with Crippen molar-refractivity contribution in [3.8, 4) is 0 Å².